The predicted molar refractivity (Wildman–Crippen MR) is 113 cm³/mol. The van der Waals surface area contributed by atoms with Crippen LogP contribution in [0.1, 0.15) is 13.3 Å². The molecule has 1 saturated heterocycles. The minimum Gasteiger partial charge on any atom is -0.453 e. The SMILES string of the molecule is CC(OC(=O)CCSc1ccc(Cl)cc1)C(=O)N1CCN(c2ncccn2)CC1. The maximum atomic E-state index is 12.6. The highest BCUT2D eigenvalue weighted by molar-refractivity contribution is 7.99. The Labute approximate surface area is 179 Å². The molecule has 1 aliphatic rings. The number of halogens is 1. The molecule has 2 heterocycles. The van der Waals surface area contributed by atoms with Crippen LogP contribution in [-0.4, -0.2) is 64.8 Å². The monoisotopic (exact) mass is 434 g/mol. The molecule has 1 aliphatic heterocycles. The minimum absolute atomic E-state index is 0.169. The number of hydrogen-bond acceptors (Lipinski definition) is 7. The summed E-state index contributed by atoms with van der Waals surface area (Å²) in [5.41, 5.74) is 0. The van der Waals surface area contributed by atoms with Gasteiger partial charge in [0.1, 0.15) is 0 Å². The largest absolute Gasteiger partial charge is 0.453 e. The molecule has 0 saturated carbocycles. The van der Waals surface area contributed by atoms with Crippen molar-refractivity contribution in [2.45, 2.75) is 24.3 Å². The fraction of sp³-hybridized carbons (Fsp3) is 0.400. The smallest absolute Gasteiger partial charge is 0.307 e. The van der Waals surface area contributed by atoms with Crippen LogP contribution in [0.5, 0.6) is 0 Å². The number of esters is 1. The molecule has 0 bridgehead atoms. The maximum absolute atomic E-state index is 12.6. The minimum atomic E-state index is -0.789. The summed E-state index contributed by atoms with van der Waals surface area (Å²) in [4.78, 5) is 37.9. The van der Waals surface area contributed by atoms with Crippen LogP contribution in [0.25, 0.3) is 0 Å². The first kappa shape index (κ1) is 21.4. The van der Waals surface area contributed by atoms with Gasteiger partial charge in [0.05, 0.1) is 6.42 Å². The third kappa shape index (κ3) is 6.33. The molecule has 1 atom stereocenters. The van der Waals surface area contributed by atoms with Gasteiger partial charge in [0.15, 0.2) is 6.10 Å². The highest BCUT2D eigenvalue weighted by Gasteiger charge is 2.27. The molecule has 7 nitrogen and oxygen atoms in total. The van der Waals surface area contributed by atoms with Crippen LogP contribution < -0.4 is 4.90 Å². The first-order chi connectivity index (χ1) is 14.0. The number of anilines is 1. The summed E-state index contributed by atoms with van der Waals surface area (Å²) in [5, 5.41) is 0.679. The number of aromatic nitrogens is 2. The van der Waals surface area contributed by atoms with Gasteiger partial charge in [0.2, 0.25) is 5.95 Å². The first-order valence-electron chi connectivity index (χ1n) is 9.41. The number of thioether (sulfide) groups is 1. The van der Waals surface area contributed by atoms with Crippen LogP contribution in [0.4, 0.5) is 5.95 Å². The van der Waals surface area contributed by atoms with Gasteiger partial charge in [-0.15, -0.1) is 11.8 Å². The van der Waals surface area contributed by atoms with Crippen molar-refractivity contribution in [1.82, 2.24) is 14.9 Å². The van der Waals surface area contributed by atoms with E-state index < -0.39 is 6.10 Å². The van der Waals surface area contributed by atoms with Crippen LogP contribution in [0, 0.1) is 0 Å². The number of nitrogens with zero attached hydrogens (tertiary/aromatic N) is 4. The lowest BCUT2D eigenvalue weighted by Gasteiger charge is -2.35. The Morgan fingerprint density at radius 2 is 1.79 bits per heavy atom. The van der Waals surface area contributed by atoms with E-state index in [2.05, 4.69) is 9.97 Å². The third-order valence-electron chi connectivity index (χ3n) is 4.47. The van der Waals surface area contributed by atoms with Crippen molar-refractivity contribution in [2.24, 2.45) is 0 Å². The summed E-state index contributed by atoms with van der Waals surface area (Å²) < 4.78 is 5.33. The Hall–Kier alpha value is -2.32. The molecular weight excluding hydrogens is 412 g/mol. The number of hydrogen-bond donors (Lipinski definition) is 0. The third-order valence-corrected chi connectivity index (χ3v) is 5.74. The lowest BCUT2D eigenvalue weighted by molar-refractivity contribution is -0.158. The Morgan fingerprint density at radius 1 is 1.14 bits per heavy atom. The van der Waals surface area contributed by atoms with Gasteiger partial charge >= 0.3 is 5.97 Å². The van der Waals surface area contributed by atoms with Crippen molar-refractivity contribution in [3.8, 4) is 0 Å². The lowest BCUT2D eigenvalue weighted by Crippen LogP contribution is -2.52. The standard InChI is InChI=1S/C20H23ClN4O3S/c1-15(28-18(26)7-14-29-17-5-3-16(21)4-6-17)19(27)24-10-12-25(13-11-24)20-22-8-2-9-23-20/h2-6,8-9,15H,7,10-14H2,1H3. The van der Waals surface area contributed by atoms with Crippen molar-refractivity contribution in [2.75, 3.05) is 36.8 Å². The summed E-state index contributed by atoms with van der Waals surface area (Å²) in [7, 11) is 0. The van der Waals surface area contributed by atoms with E-state index in [1.54, 1.807) is 42.0 Å². The molecule has 0 N–H and O–H groups in total. The van der Waals surface area contributed by atoms with Gasteiger partial charge in [0, 0.05) is 54.2 Å². The van der Waals surface area contributed by atoms with E-state index in [0.29, 0.717) is 42.9 Å². The van der Waals surface area contributed by atoms with Crippen LogP contribution in [0.2, 0.25) is 5.02 Å². The summed E-state index contributed by atoms with van der Waals surface area (Å²) >= 11 is 7.41. The molecule has 154 valence electrons. The van der Waals surface area contributed by atoms with E-state index in [-0.39, 0.29) is 18.3 Å². The zero-order valence-corrected chi connectivity index (χ0v) is 17.7. The van der Waals surface area contributed by atoms with E-state index in [1.165, 1.54) is 0 Å². The van der Waals surface area contributed by atoms with E-state index in [4.69, 9.17) is 16.3 Å². The summed E-state index contributed by atoms with van der Waals surface area (Å²) in [6, 6.07) is 9.21. The van der Waals surface area contributed by atoms with Crippen LogP contribution in [-0.2, 0) is 14.3 Å². The number of amides is 1. The molecule has 1 amide bonds. The van der Waals surface area contributed by atoms with Gasteiger partial charge in [0.25, 0.3) is 5.91 Å². The van der Waals surface area contributed by atoms with Crippen molar-refractivity contribution >= 4 is 41.2 Å². The average Bonchev–Trinajstić information content (AvgIpc) is 2.75. The average molecular weight is 435 g/mol. The van der Waals surface area contributed by atoms with Gasteiger partial charge < -0.3 is 14.5 Å². The number of benzene rings is 1. The zero-order valence-electron chi connectivity index (χ0n) is 16.2. The molecule has 1 aromatic carbocycles. The second-order valence-electron chi connectivity index (χ2n) is 6.55. The molecule has 29 heavy (non-hydrogen) atoms. The molecule has 0 spiro atoms. The number of piperazine rings is 1. The quantitative estimate of drug-likeness (QED) is 0.489. The van der Waals surface area contributed by atoms with E-state index in [1.807, 2.05) is 29.2 Å². The van der Waals surface area contributed by atoms with Crippen molar-refractivity contribution in [3.63, 3.8) is 0 Å². The molecule has 9 heteroatoms. The second-order valence-corrected chi connectivity index (χ2v) is 8.15. The van der Waals surface area contributed by atoms with Crippen LogP contribution >= 0.6 is 23.4 Å². The Kier molecular flexibility index (Phi) is 7.71. The van der Waals surface area contributed by atoms with Crippen molar-refractivity contribution in [3.05, 3.63) is 47.7 Å². The molecule has 1 fully saturated rings. The zero-order chi connectivity index (χ0) is 20.6. The van der Waals surface area contributed by atoms with Gasteiger partial charge in [-0.25, -0.2) is 9.97 Å². The Morgan fingerprint density at radius 3 is 2.45 bits per heavy atom. The van der Waals surface area contributed by atoms with Gasteiger partial charge in [-0.1, -0.05) is 11.6 Å². The molecule has 0 aliphatic carbocycles. The van der Waals surface area contributed by atoms with Gasteiger partial charge in [-0.3, -0.25) is 9.59 Å². The number of carbonyl (C=O) groups excluding carboxylic acids is 2. The number of rotatable bonds is 7. The van der Waals surface area contributed by atoms with Crippen molar-refractivity contribution in [1.29, 1.82) is 0 Å². The second kappa shape index (κ2) is 10.5. The normalized spacial score (nSPS) is 15.1. The first-order valence-corrected chi connectivity index (χ1v) is 10.8. The fourth-order valence-electron chi connectivity index (χ4n) is 2.93. The van der Waals surface area contributed by atoms with Crippen molar-refractivity contribution < 1.29 is 14.3 Å². The summed E-state index contributed by atoms with van der Waals surface area (Å²) in [6.07, 6.45) is 2.85. The molecule has 1 unspecified atom stereocenters. The highest BCUT2D eigenvalue weighted by atomic mass is 35.5. The molecule has 2 aromatic rings. The number of carbonyl (C=O) groups is 2. The van der Waals surface area contributed by atoms with Crippen LogP contribution in [0.15, 0.2) is 47.6 Å². The van der Waals surface area contributed by atoms with E-state index in [9.17, 15) is 9.59 Å². The predicted octanol–water partition coefficient (Wildman–Crippen LogP) is 2.89. The van der Waals surface area contributed by atoms with Crippen LogP contribution in [0.3, 0.4) is 0 Å². The maximum Gasteiger partial charge on any atom is 0.307 e. The highest BCUT2D eigenvalue weighted by Crippen LogP contribution is 2.21. The van der Waals surface area contributed by atoms with E-state index >= 15 is 0 Å². The lowest BCUT2D eigenvalue weighted by atomic mass is 10.2. The summed E-state index contributed by atoms with van der Waals surface area (Å²) in [5.74, 6) is 0.704. The van der Waals surface area contributed by atoms with E-state index in [0.717, 1.165) is 4.90 Å². The Bertz CT molecular complexity index is 814. The molecule has 3 rings (SSSR count). The Balaban J connectivity index is 1.38. The van der Waals surface area contributed by atoms with Gasteiger partial charge in [-0.05, 0) is 37.3 Å². The molecule has 0 radical (unpaired) electrons. The molecular formula is C20H23ClN4O3S. The summed E-state index contributed by atoms with van der Waals surface area (Å²) in [6.45, 7) is 4.01. The fourth-order valence-corrected chi connectivity index (χ4v) is 3.89. The van der Waals surface area contributed by atoms with Gasteiger partial charge in [-0.2, -0.15) is 0 Å². The molecule has 1 aromatic heterocycles. The topological polar surface area (TPSA) is 75.6 Å². The number of ether oxygens (including phenoxy) is 1.